The van der Waals surface area contributed by atoms with Crippen LogP contribution in [0, 0.1) is 0 Å². The fourth-order valence-electron chi connectivity index (χ4n) is 1.57. The topological polar surface area (TPSA) is 78.9 Å². The SMILES string of the molecule is CNC(=O)N(/C=C\C=O)[C@@H]1O[C@H](CO)C=C1CF. The van der Waals surface area contributed by atoms with E-state index in [0.29, 0.717) is 6.29 Å². The number of carbonyl (C=O) groups excluding carboxylic acids is 2. The van der Waals surface area contributed by atoms with Crippen LogP contribution in [0.3, 0.4) is 0 Å². The number of urea groups is 1. The van der Waals surface area contributed by atoms with Gasteiger partial charge in [-0.25, -0.2) is 9.18 Å². The second-order valence-corrected chi connectivity index (χ2v) is 3.52. The maximum absolute atomic E-state index is 12.8. The third-order valence-electron chi connectivity index (χ3n) is 2.38. The zero-order valence-electron chi connectivity index (χ0n) is 9.88. The van der Waals surface area contributed by atoms with Crippen molar-refractivity contribution < 1.29 is 23.8 Å². The molecular weight excluding hydrogens is 243 g/mol. The van der Waals surface area contributed by atoms with E-state index >= 15 is 0 Å². The van der Waals surface area contributed by atoms with Gasteiger partial charge in [0.15, 0.2) is 6.23 Å². The number of ether oxygens (including phenoxy) is 1. The van der Waals surface area contributed by atoms with E-state index in [-0.39, 0.29) is 12.2 Å². The number of nitrogens with one attached hydrogen (secondary N) is 1. The number of hydrogen-bond acceptors (Lipinski definition) is 4. The van der Waals surface area contributed by atoms with Gasteiger partial charge in [-0.15, -0.1) is 0 Å². The molecule has 0 aromatic rings. The lowest BCUT2D eigenvalue weighted by molar-refractivity contribution is -0.104. The Morgan fingerprint density at radius 2 is 2.44 bits per heavy atom. The van der Waals surface area contributed by atoms with Crippen molar-refractivity contribution in [3.63, 3.8) is 0 Å². The third kappa shape index (κ3) is 3.14. The minimum absolute atomic E-state index is 0.230. The van der Waals surface area contributed by atoms with E-state index < -0.39 is 25.0 Å². The number of aliphatic hydroxyl groups is 1. The number of allylic oxidation sites excluding steroid dienone is 1. The first-order chi connectivity index (χ1) is 8.67. The summed E-state index contributed by atoms with van der Waals surface area (Å²) in [5.41, 5.74) is 0.230. The van der Waals surface area contributed by atoms with Gasteiger partial charge in [-0.1, -0.05) is 0 Å². The molecular formula is C11H15FN2O4. The van der Waals surface area contributed by atoms with Crippen molar-refractivity contribution in [3.05, 3.63) is 23.9 Å². The predicted octanol–water partition coefficient (Wildman–Crippen LogP) is -0.0465. The number of nitrogens with zero attached hydrogens (tertiary/aromatic N) is 1. The van der Waals surface area contributed by atoms with Crippen LogP contribution in [0.5, 0.6) is 0 Å². The molecule has 0 saturated carbocycles. The van der Waals surface area contributed by atoms with Gasteiger partial charge in [0.1, 0.15) is 19.1 Å². The van der Waals surface area contributed by atoms with Crippen molar-refractivity contribution in [1.29, 1.82) is 0 Å². The van der Waals surface area contributed by atoms with Crippen molar-refractivity contribution in [2.75, 3.05) is 20.3 Å². The monoisotopic (exact) mass is 258 g/mol. The largest absolute Gasteiger partial charge is 0.393 e. The van der Waals surface area contributed by atoms with Gasteiger partial charge in [-0.3, -0.25) is 9.69 Å². The van der Waals surface area contributed by atoms with E-state index in [1.807, 2.05) is 0 Å². The zero-order valence-corrected chi connectivity index (χ0v) is 9.88. The van der Waals surface area contributed by atoms with Crippen LogP contribution in [0.1, 0.15) is 0 Å². The van der Waals surface area contributed by atoms with Crippen molar-refractivity contribution in [2.45, 2.75) is 12.3 Å². The molecule has 0 spiro atoms. The molecule has 0 radical (unpaired) electrons. The number of alkyl halides is 1. The lowest BCUT2D eigenvalue weighted by Crippen LogP contribution is -2.43. The molecule has 0 fully saturated rings. The number of aliphatic hydroxyl groups excluding tert-OH is 1. The quantitative estimate of drug-likeness (QED) is 0.412. The van der Waals surface area contributed by atoms with Crippen molar-refractivity contribution in [1.82, 2.24) is 10.2 Å². The molecule has 0 aromatic heterocycles. The molecule has 1 rings (SSSR count). The van der Waals surface area contributed by atoms with E-state index in [1.165, 1.54) is 19.3 Å². The predicted molar refractivity (Wildman–Crippen MR) is 61.3 cm³/mol. The number of rotatable bonds is 5. The molecule has 1 aliphatic rings. The van der Waals surface area contributed by atoms with Crippen LogP contribution in [0.25, 0.3) is 0 Å². The minimum atomic E-state index is -0.955. The molecule has 0 bridgehead atoms. The molecule has 2 N–H and O–H groups in total. The van der Waals surface area contributed by atoms with Gasteiger partial charge in [-0.05, 0) is 12.2 Å². The zero-order chi connectivity index (χ0) is 13.5. The van der Waals surface area contributed by atoms with Gasteiger partial charge in [0.2, 0.25) is 0 Å². The summed E-state index contributed by atoms with van der Waals surface area (Å²) in [6.07, 6.45) is 2.60. The summed E-state index contributed by atoms with van der Waals surface area (Å²) in [4.78, 5) is 23.0. The highest BCUT2D eigenvalue weighted by Gasteiger charge is 2.33. The van der Waals surface area contributed by atoms with E-state index in [0.717, 1.165) is 11.0 Å². The molecule has 100 valence electrons. The molecule has 6 nitrogen and oxygen atoms in total. The first-order valence-corrected chi connectivity index (χ1v) is 5.32. The molecule has 2 amide bonds. The molecule has 1 aliphatic heterocycles. The fourth-order valence-corrected chi connectivity index (χ4v) is 1.57. The molecule has 1 heterocycles. The van der Waals surface area contributed by atoms with Crippen LogP contribution in [0.2, 0.25) is 0 Å². The average Bonchev–Trinajstić information content (AvgIpc) is 2.82. The van der Waals surface area contributed by atoms with Crippen molar-refractivity contribution >= 4 is 12.3 Å². The van der Waals surface area contributed by atoms with Crippen LogP contribution in [0.15, 0.2) is 23.9 Å². The minimum Gasteiger partial charge on any atom is -0.393 e. The smallest absolute Gasteiger partial charge is 0.323 e. The Hall–Kier alpha value is -1.73. The van der Waals surface area contributed by atoms with E-state index in [4.69, 9.17) is 9.84 Å². The Morgan fingerprint density at radius 1 is 1.72 bits per heavy atom. The van der Waals surface area contributed by atoms with Crippen LogP contribution in [-0.4, -0.2) is 55.0 Å². The van der Waals surface area contributed by atoms with Gasteiger partial charge >= 0.3 is 6.03 Å². The highest BCUT2D eigenvalue weighted by molar-refractivity contribution is 5.77. The van der Waals surface area contributed by atoms with Crippen molar-refractivity contribution in [2.24, 2.45) is 0 Å². The summed E-state index contributed by atoms with van der Waals surface area (Å²) >= 11 is 0. The van der Waals surface area contributed by atoms with Gasteiger partial charge in [0.25, 0.3) is 0 Å². The average molecular weight is 258 g/mol. The molecule has 0 aliphatic carbocycles. The second-order valence-electron chi connectivity index (χ2n) is 3.52. The summed E-state index contributed by atoms with van der Waals surface area (Å²) in [6.45, 7) is -1.11. The number of hydrogen-bond donors (Lipinski definition) is 2. The number of amides is 2. The first-order valence-electron chi connectivity index (χ1n) is 5.32. The number of carbonyl (C=O) groups is 2. The van der Waals surface area contributed by atoms with Gasteiger partial charge < -0.3 is 15.2 Å². The van der Waals surface area contributed by atoms with Crippen molar-refractivity contribution in [3.8, 4) is 0 Å². The van der Waals surface area contributed by atoms with Gasteiger partial charge in [-0.2, -0.15) is 0 Å². The Morgan fingerprint density at radius 3 is 2.94 bits per heavy atom. The Bertz CT molecular complexity index is 370. The number of halogens is 1. The second kappa shape index (κ2) is 6.87. The lowest BCUT2D eigenvalue weighted by atomic mass is 10.2. The Balaban J connectivity index is 2.92. The van der Waals surface area contributed by atoms with E-state index in [9.17, 15) is 14.0 Å². The maximum Gasteiger partial charge on any atom is 0.323 e. The molecule has 0 unspecified atom stereocenters. The van der Waals surface area contributed by atoms with Gasteiger partial charge in [0.05, 0.1) is 6.61 Å². The summed E-state index contributed by atoms with van der Waals surface area (Å²) in [5.74, 6) is 0. The summed E-state index contributed by atoms with van der Waals surface area (Å²) in [5, 5.41) is 11.3. The first kappa shape index (κ1) is 14.3. The normalized spacial score (nSPS) is 22.9. The van der Waals surface area contributed by atoms with E-state index in [1.54, 1.807) is 0 Å². The highest BCUT2D eigenvalue weighted by Crippen LogP contribution is 2.23. The van der Waals surface area contributed by atoms with Crippen LogP contribution in [-0.2, 0) is 9.53 Å². The fraction of sp³-hybridized carbons (Fsp3) is 0.455. The summed E-state index contributed by atoms with van der Waals surface area (Å²) < 4.78 is 18.1. The molecule has 7 heteroatoms. The Kier molecular flexibility index (Phi) is 5.47. The Labute approximate surface area is 104 Å². The molecule has 0 saturated heterocycles. The van der Waals surface area contributed by atoms with Crippen LogP contribution >= 0.6 is 0 Å². The molecule has 2 atom stereocenters. The van der Waals surface area contributed by atoms with Crippen LogP contribution < -0.4 is 5.32 Å². The summed E-state index contributed by atoms with van der Waals surface area (Å²) in [7, 11) is 1.40. The van der Waals surface area contributed by atoms with E-state index in [2.05, 4.69) is 5.32 Å². The third-order valence-corrected chi connectivity index (χ3v) is 2.38. The lowest BCUT2D eigenvalue weighted by Gasteiger charge is -2.26. The van der Waals surface area contributed by atoms with Gasteiger partial charge in [0, 0.05) is 18.8 Å². The molecule has 18 heavy (non-hydrogen) atoms. The number of aldehydes is 1. The van der Waals surface area contributed by atoms with Crippen LogP contribution in [0.4, 0.5) is 9.18 Å². The standard InChI is InChI=1S/C11H15FN2O4/c1-13-11(17)14(3-2-4-15)10-8(6-12)5-9(7-16)18-10/h2-5,9-10,16H,6-7H2,1H3,(H,13,17)/b3-2-/t9-,10+/m0/s1. The maximum atomic E-state index is 12.8. The summed E-state index contributed by atoms with van der Waals surface area (Å²) in [6, 6.07) is -0.545. The highest BCUT2D eigenvalue weighted by atomic mass is 19.1. The molecule has 0 aromatic carbocycles.